The van der Waals surface area contributed by atoms with Gasteiger partial charge in [-0.2, -0.15) is 5.26 Å². The molecule has 26 heavy (non-hydrogen) atoms. The van der Waals surface area contributed by atoms with E-state index in [-0.39, 0.29) is 18.1 Å². The molecule has 0 amide bonds. The van der Waals surface area contributed by atoms with Crippen molar-refractivity contribution in [3.8, 4) is 6.07 Å². The van der Waals surface area contributed by atoms with Gasteiger partial charge in [0.1, 0.15) is 10.3 Å². The van der Waals surface area contributed by atoms with Crippen molar-refractivity contribution in [2.75, 3.05) is 18.0 Å². The number of aromatic nitrogens is 2. The molecule has 1 fully saturated rings. The zero-order valence-corrected chi connectivity index (χ0v) is 16.1. The summed E-state index contributed by atoms with van der Waals surface area (Å²) >= 11 is 3.38. The van der Waals surface area contributed by atoms with Crippen LogP contribution in [0, 0.1) is 11.3 Å². The Balaban J connectivity index is 2.19. The number of hydrogen-bond donors (Lipinski definition) is 1. The van der Waals surface area contributed by atoms with Crippen LogP contribution in [-0.4, -0.2) is 28.3 Å². The first-order chi connectivity index (χ1) is 12.4. The quantitative estimate of drug-likeness (QED) is 0.807. The van der Waals surface area contributed by atoms with E-state index in [4.69, 9.17) is 5.73 Å². The summed E-state index contributed by atoms with van der Waals surface area (Å²) in [6.07, 6.45) is 1.81. The van der Waals surface area contributed by atoms with Crippen LogP contribution in [0.1, 0.15) is 24.0 Å². The first-order valence-corrected chi connectivity index (χ1v) is 9.21. The van der Waals surface area contributed by atoms with E-state index in [1.807, 2.05) is 17.0 Å². The van der Waals surface area contributed by atoms with E-state index in [0.29, 0.717) is 22.4 Å². The average molecular weight is 418 g/mol. The number of nitrogens with zero attached hydrogens (tertiary/aromatic N) is 4. The van der Waals surface area contributed by atoms with Crippen LogP contribution in [-0.2, 0) is 13.6 Å². The summed E-state index contributed by atoms with van der Waals surface area (Å²) < 4.78 is 2.95. The van der Waals surface area contributed by atoms with Gasteiger partial charge in [0, 0.05) is 26.2 Å². The third-order valence-electron chi connectivity index (χ3n) is 4.69. The van der Waals surface area contributed by atoms with Crippen LogP contribution in [0.5, 0.6) is 0 Å². The summed E-state index contributed by atoms with van der Waals surface area (Å²) in [5.41, 5.74) is 6.53. The fourth-order valence-electron chi connectivity index (χ4n) is 3.31. The van der Waals surface area contributed by atoms with Gasteiger partial charge < -0.3 is 10.6 Å². The van der Waals surface area contributed by atoms with Crippen molar-refractivity contribution in [2.45, 2.75) is 25.4 Å². The predicted molar refractivity (Wildman–Crippen MR) is 103 cm³/mol. The highest BCUT2D eigenvalue weighted by Crippen LogP contribution is 2.26. The second-order valence-electron chi connectivity index (χ2n) is 6.49. The molecule has 2 heterocycles. The minimum Gasteiger partial charge on any atom is -0.355 e. The standard InChI is InChI=1S/C18H20BrN5O2/c1-22-17(25)15(19)16(23-8-4-7-14(21)11-23)24(18(22)26)10-13-6-3-2-5-12(13)9-20/h2-3,5-6,14H,4,7-8,10-11,21H2,1H3/t14-/m1/s1. The maximum Gasteiger partial charge on any atom is 0.332 e. The Morgan fingerprint density at radius 1 is 1.35 bits per heavy atom. The molecular weight excluding hydrogens is 398 g/mol. The SMILES string of the molecule is Cn1c(=O)c(Br)c(N2CCC[C@@H](N)C2)n(Cc2ccccc2C#N)c1=O. The van der Waals surface area contributed by atoms with Crippen LogP contribution < -0.4 is 21.9 Å². The summed E-state index contributed by atoms with van der Waals surface area (Å²) in [5.74, 6) is 0.529. The molecule has 1 atom stereocenters. The van der Waals surface area contributed by atoms with Gasteiger partial charge in [0.05, 0.1) is 18.2 Å². The highest BCUT2D eigenvalue weighted by atomic mass is 79.9. The maximum atomic E-state index is 12.9. The molecule has 8 heteroatoms. The monoisotopic (exact) mass is 417 g/mol. The van der Waals surface area contributed by atoms with Crippen LogP contribution in [0.2, 0.25) is 0 Å². The molecule has 1 aromatic carbocycles. The largest absolute Gasteiger partial charge is 0.355 e. The highest BCUT2D eigenvalue weighted by molar-refractivity contribution is 9.10. The molecule has 0 aliphatic carbocycles. The van der Waals surface area contributed by atoms with E-state index in [0.717, 1.165) is 29.5 Å². The summed E-state index contributed by atoms with van der Waals surface area (Å²) in [6, 6.07) is 9.29. The summed E-state index contributed by atoms with van der Waals surface area (Å²) in [4.78, 5) is 27.3. The molecule has 0 bridgehead atoms. The smallest absolute Gasteiger partial charge is 0.332 e. The normalized spacial score (nSPS) is 17.2. The molecule has 0 radical (unpaired) electrons. The fourth-order valence-corrected chi connectivity index (χ4v) is 4.04. The van der Waals surface area contributed by atoms with E-state index >= 15 is 0 Å². The topological polar surface area (TPSA) is 97.1 Å². The lowest BCUT2D eigenvalue weighted by atomic mass is 10.1. The molecule has 1 aliphatic rings. The fraction of sp³-hybridized carbons (Fsp3) is 0.389. The van der Waals surface area contributed by atoms with Crippen molar-refractivity contribution in [1.29, 1.82) is 5.26 Å². The Hall–Kier alpha value is -2.37. The molecule has 0 saturated carbocycles. The van der Waals surface area contributed by atoms with Gasteiger partial charge in [-0.05, 0) is 40.4 Å². The van der Waals surface area contributed by atoms with Gasteiger partial charge in [0.25, 0.3) is 5.56 Å². The molecular formula is C18H20BrN5O2. The molecule has 2 N–H and O–H groups in total. The average Bonchev–Trinajstić information content (AvgIpc) is 2.65. The lowest BCUT2D eigenvalue weighted by Gasteiger charge is -2.34. The first kappa shape index (κ1) is 18.4. The van der Waals surface area contributed by atoms with E-state index in [1.54, 1.807) is 16.7 Å². The lowest BCUT2D eigenvalue weighted by molar-refractivity contribution is 0.490. The number of benzene rings is 1. The van der Waals surface area contributed by atoms with E-state index < -0.39 is 5.69 Å². The predicted octanol–water partition coefficient (Wildman–Crippen LogP) is 1.16. The minimum atomic E-state index is -0.417. The third kappa shape index (κ3) is 3.32. The van der Waals surface area contributed by atoms with Crippen molar-refractivity contribution in [2.24, 2.45) is 12.8 Å². The molecule has 0 spiro atoms. The number of hydrogen-bond acceptors (Lipinski definition) is 5. The Kier molecular flexibility index (Phi) is 5.30. The summed E-state index contributed by atoms with van der Waals surface area (Å²) in [5, 5.41) is 9.34. The third-order valence-corrected chi connectivity index (χ3v) is 5.38. The van der Waals surface area contributed by atoms with Gasteiger partial charge in [-0.3, -0.25) is 13.9 Å². The molecule has 7 nitrogen and oxygen atoms in total. The van der Waals surface area contributed by atoms with Crippen LogP contribution in [0.15, 0.2) is 38.3 Å². The van der Waals surface area contributed by atoms with Crippen LogP contribution in [0.4, 0.5) is 5.82 Å². The molecule has 1 aromatic heterocycles. The van der Waals surface area contributed by atoms with Gasteiger partial charge >= 0.3 is 5.69 Å². The Bertz CT molecular complexity index is 989. The maximum absolute atomic E-state index is 12.9. The number of nitriles is 1. The number of anilines is 1. The van der Waals surface area contributed by atoms with Gasteiger partial charge in [0.15, 0.2) is 0 Å². The number of halogens is 1. The Morgan fingerprint density at radius 2 is 2.08 bits per heavy atom. The summed E-state index contributed by atoms with van der Waals surface area (Å²) in [7, 11) is 1.45. The second-order valence-corrected chi connectivity index (χ2v) is 7.28. The van der Waals surface area contributed by atoms with Crippen molar-refractivity contribution < 1.29 is 0 Å². The minimum absolute atomic E-state index is 0.00495. The molecule has 1 aliphatic heterocycles. The second kappa shape index (κ2) is 7.48. The Morgan fingerprint density at radius 3 is 2.77 bits per heavy atom. The van der Waals surface area contributed by atoms with Gasteiger partial charge in [-0.15, -0.1) is 0 Å². The lowest BCUT2D eigenvalue weighted by Crippen LogP contribution is -2.48. The highest BCUT2D eigenvalue weighted by Gasteiger charge is 2.25. The molecule has 1 saturated heterocycles. The Labute approximate surface area is 159 Å². The van der Waals surface area contributed by atoms with Gasteiger partial charge in [0.2, 0.25) is 0 Å². The van der Waals surface area contributed by atoms with E-state index in [1.165, 1.54) is 7.05 Å². The van der Waals surface area contributed by atoms with Crippen molar-refractivity contribution in [3.05, 3.63) is 60.7 Å². The first-order valence-electron chi connectivity index (χ1n) is 8.42. The molecule has 136 valence electrons. The van der Waals surface area contributed by atoms with Gasteiger partial charge in [-0.1, -0.05) is 18.2 Å². The van der Waals surface area contributed by atoms with Crippen molar-refractivity contribution in [1.82, 2.24) is 9.13 Å². The zero-order chi connectivity index (χ0) is 18.8. The van der Waals surface area contributed by atoms with E-state index in [2.05, 4.69) is 22.0 Å². The molecule has 0 unspecified atom stereocenters. The van der Waals surface area contributed by atoms with Crippen LogP contribution in [0.3, 0.4) is 0 Å². The summed E-state index contributed by atoms with van der Waals surface area (Å²) in [6.45, 7) is 1.50. The van der Waals surface area contributed by atoms with Crippen molar-refractivity contribution in [3.63, 3.8) is 0 Å². The van der Waals surface area contributed by atoms with Crippen molar-refractivity contribution >= 4 is 21.7 Å². The van der Waals surface area contributed by atoms with Crippen LogP contribution in [0.25, 0.3) is 0 Å². The molecule has 3 rings (SSSR count). The van der Waals surface area contributed by atoms with Gasteiger partial charge in [-0.25, -0.2) is 4.79 Å². The number of piperidine rings is 1. The number of rotatable bonds is 3. The number of nitrogens with two attached hydrogens (primary N) is 1. The van der Waals surface area contributed by atoms with E-state index in [9.17, 15) is 14.9 Å². The van der Waals surface area contributed by atoms with Crippen LogP contribution >= 0.6 is 15.9 Å². The molecule has 2 aromatic rings. The zero-order valence-electron chi connectivity index (χ0n) is 14.5.